The number of fused-ring (bicyclic) bond motifs is 16. The van der Waals surface area contributed by atoms with Crippen molar-refractivity contribution in [1.29, 1.82) is 0 Å². The molecule has 0 N–H and O–H groups in total. The zero-order chi connectivity index (χ0) is 89.0. The quantitative estimate of drug-likeness (QED) is 0.105. The molecule has 26 aromatic carbocycles. The molecule has 0 heteroatoms. The van der Waals surface area contributed by atoms with Gasteiger partial charge < -0.3 is 0 Å². The maximum absolute atomic E-state index is 2.54. The van der Waals surface area contributed by atoms with Gasteiger partial charge in [-0.3, -0.25) is 0 Å². The summed E-state index contributed by atoms with van der Waals surface area (Å²) in [6, 6.07) is 176. The van der Waals surface area contributed by atoms with Gasteiger partial charge >= 0.3 is 0 Å². The minimum atomic E-state index is -0.179. The Morgan fingerprint density at radius 1 is 0.119 bits per heavy atom. The minimum Gasteiger partial charge on any atom is -0.0622 e. The highest BCUT2D eigenvalue weighted by Gasteiger charge is 2.39. The Labute approximate surface area is 779 Å². The van der Waals surface area contributed by atoms with Crippen LogP contribution in [0.5, 0.6) is 0 Å². The molecule has 0 spiro atoms. The van der Waals surface area contributed by atoms with Gasteiger partial charge in [-0.25, -0.2) is 0 Å². The molecule has 0 unspecified atom stereocenters. The van der Waals surface area contributed by atoms with Crippen LogP contribution in [0.25, 0.3) is 251 Å². The first-order valence-electron chi connectivity index (χ1n) is 47.1. The maximum atomic E-state index is 2.54. The molecule has 0 aromatic heterocycles. The highest BCUT2D eigenvalue weighted by atomic mass is 14.4. The Morgan fingerprint density at radius 3 is 0.896 bits per heavy atom. The summed E-state index contributed by atoms with van der Waals surface area (Å²) in [4.78, 5) is 0. The van der Waals surface area contributed by atoms with Crippen molar-refractivity contribution in [2.45, 2.75) is 38.5 Å². The van der Waals surface area contributed by atoms with Crippen LogP contribution in [-0.2, 0) is 10.8 Å². The Kier molecular flexibility index (Phi) is 18.2. The number of rotatable bonds is 8. The van der Waals surface area contributed by atoms with Crippen LogP contribution < -0.4 is 0 Å². The Balaban J connectivity index is 0.000000106. The molecule has 26 aromatic rings. The summed E-state index contributed by atoms with van der Waals surface area (Å²) in [6.45, 7) is 9.58. The summed E-state index contributed by atoms with van der Waals surface area (Å²) >= 11 is 0. The molecule has 0 saturated carbocycles. The van der Waals surface area contributed by atoms with Gasteiger partial charge in [0.25, 0.3) is 0 Å². The summed E-state index contributed by atoms with van der Waals surface area (Å²) in [7, 11) is 0. The lowest BCUT2D eigenvalue weighted by Gasteiger charge is -2.24. The SMILES string of the molecule is CC1(C)c2cc(-c3ccc4ccccc4c3)ccc2-c2cc3c(-c4ccc5ccccc5c4)c4ccccc4c(-c4ccc5ccccc5c4)c3cc21.CC1(C)c2ccccc2-c2cc3c(-c4ccc5ccccc5c4)c4ccccc4c(-c4ccc5ccccc5c4)c3cc21.c1ccc(-c2ccc3ccc4c(-c5ccccc5)cc(-c5cccc6ccccc56)c5ccc2c3c45)cc1. The minimum absolute atomic E-state index is 0.0739. The molecule has 134 heavy (non-hydrogen) atoms. The third-order valence-electron chi connectivity index (χ3n) is 29.8. The molecule has 2 aliphatic carbocycles. The molecule has 0 fully saturated rings. The summed E-state index contributed by atoms with van der Waals surface area (Å²) in [5.74, 6) is 0. The van der Waals surface area contributed by atoms with Crippen LogP contribution in [-0.4, -0.2) is 0 Å². The van der Waals surface area contributed by atoms with Gasteiger partial charge in [-0.2, -0.15) is 0 Å². The van der Waals surface area contributed by atoms with Crippen LogP contribution in [0.15, 0.2) is 473 Å². The van der Waals surface area contributed by atoms with Crippen LogP contribution in [0.2, 0.25) is 0 Å². The maximum Gasteiger partial charge on any atom is 0.0159 e. The molecular weight excluding hydrogens is 1610 g/mol. The van der Waals surface area contributed by atoms with E-state index in [1.54, 1.807) is 0 Å². The molecule has 0 atom stereocenters. The topological polar surface area (TPSA) is 0 Å². The average molecular weight is 1700 g/mol. The van der Waals surface area contributed by atoms with Crippen molar-refractivity contribution in [3.8, 4) is 111 Å². The van der Waals surface area contributed by atoms with Gasteiger partial charge in [-0.15, -0.1) is 0 Å². The molecule has 626 valence electrons. The second-order valence-corrected chi connectivity index (χ2v) is 37.9. The zero-order valence-corrected chi connectivity index (χ0v) is 75.0. The fourth-order valence-corrected chi connectivity index (χ4v) is 23.3. The third-order valence-corrected chi connectivity index (χ3v) is 29.8. The van der Waals surface area contributed by atoms with E-state index in [9.17, 15) is 0 Å². The van der Waals surface area contributed by atoms with E-state index in [0.29, 0.717) is 0 Å². The smallest absolute Gasteiger partial charge is 0.0159 e. The molecule has 0 nitrogen and oxygen atoms in total. The number of hydrogen-bond donors (Lipinski definition) is 0. The van der Waals surface area contributed by atoms with E-state index in [1.165, 1.54) is 274 Å². The van der Waals surface area contributed by atoms with Gasteiger partial charge in [0, 0.05) is 10.8 Å². The lowest BCUT2D eigenvalue weighted by atomic mass is 9.79. The van der Waals surface area contributed by atoms with Crippen molar-refractivity contribution in [3.05, 3.63) is 495 Å². The average Bonchev–Trinajstić information content (AvgIpc) is 1.55. The molecule has 0 heterocycles. The molecule has 28 rings (SSSR count). The van der Waals surface area contributed by atoms with Crippen molar-refractivity contribution in [1.82, 2.24) is 0 Å². The fourth-order valence-electron chi connectivity index (χ4n) is 23.3. The van der Waals surface area contributed by atoms with Gasteiger partial charge in [0.2, 0.25) is 0 Å². The van der Waals surface area contributed by atoms with E-state index >= 15 is 0 Å². The number of benzene rings is 26. The molecule has 0 amide bonds. The van der Waals surface area contributed by atoms with Crippen LogP contribution in [0.3, 0.4) is 0 Å². The second kappa shape index (κ2) is 31.0. The van der Waals surface area contributed by atoms with E-state index in [4.69, 9.17) is 0 Å². The summed E-state index contributed by atoms with van der Waals surface area (Å²) in [5.41, 5.74) is 31.1. The van der Waals surface area contributed by atoms with E-state index in [-0.39, 0.29) is 10.8 Å². The van der Waals surface area contributed by atoms with Crippen LogP contribution in [0.4, 0.5) is 0 Å². The predicted molar refractivity (Wildman–Crippen MR) is 577 cm³/mol. The molecule has 2 aliphatic rings. The van der Waals surface area contributed by atoms with E-state index < -0.39 is 0 Å². The van der Waals surface area contributed by atoms with Gasteiger partial charge in [-0.05, 0) is 340 Å². The van der Waals surface area contributed by atoms with Crippen LogP contribution in [0.1, 0.15) is 49.9 Å². The highest BCUT2D eigenvalue weighted by molar-refractivity contribution is 6.31. The third kappa shape index (κ3) is 12.6. The largest absolute Gasteiger partial charge is 0.0622 e. The van der Waals surface area contributed by atoms with Crippen LogP contribution >= 0.6 is 0 Å². The van der Waals surface area contributed by atoms with Gasteiger partial charge in [0.1, 0.15) is 0 Å². The first-order chi connectivity index (χ1) is 65.9. The molecular formula is C134H90. The van der Waals surface area contributed by atoms with Gasteiger partial charge in [-0.1, -0.05) is 434 Å². The normalized spacial score (nSPS) is 12.9. The van der Waals surface area contributed by atoms with Crippen molar-refractivity contribution in [2.75, 3.05) is 0 Å². The van der Waals surface area contributed by atoms with Crippen molar-refractivity contribution >= 4 is 140 Å². The predicted octanol–water partition coefficient (Wildman–Crippen LogP) is 37.4. The van der Waals surface area contributed by atoms with Crippen molar-refractivity contribution in [3.63, 3.8) is 0 Å². The first kappa shape index (κ1) is 78.4. The highest BCUT2D eigenvalue weighted by Crippen LogP contribution is 2.58. The van der Waals surface area contributed by atoms with Crippen LogP contribution in [0, 0.1) is 0 Å². The summed E-state index contributed by atoms with van der Waals surface area (Å²) in [6.07, 6.45) is 0. The lowest BCUT2D eigenvalue weighted by molar-refractivity contribution is 0.661. The molecule has 0 saturated heterocycles. The zero-order valence-electron chi connectivity index (χ0n) is 75.0. The van der Waals surface area contributed by atoms with E-state index in [0.717, 1.165) is 0 Å². The van der Waals surface area contributed by atoms with Crippen molar-refractivity contribution < 1.29 is 0 Å². The Hall–Kier alpha value is -16.6. The van der Waals surface area contributed by atoms with E-state index in [2.05, 4.69) is 501 Å². The molecule has 0 radical (unpaired) electrons. The lowest BCUT2D eigenvalue weighted by Crippen LogP contribution is -2.15. The fraction of sp³-hybridized carbons (Fsp3) is 0.0448. The van der Waals surface area contributed by atoms with E-state index in [1.807, 2.05) is 0 Å². The summed E-state index contributed by atoms with van der Waals surface area (Å²) in [5, 5.41) is 33.5. The first-order valence-corrected chi connectivity index (χ1v) is 47.1. The Bertz CT molecular complexity index is 9360. The Morgan fingerprint density at radius 2 is 0.418 bits per heavy atom. The van der Waals surface area contributed by atoms with Gasteiger partial charge in [0.05, 0.1) is 0 Å². The number of hydrogen-bond acceptors (Lipinski definition) is 0. The second-order valence-electron chi connectivity index (χ2n) is 37.9. The summed E-state index contributed by atoms with van der Waals surface area (Å²) < 4.78 is 0. The van der Waals surface area contributed by atoms with Gasteiger partial charge in [0.15, 0.2) is 0 Å². The monoisotopic (exact) mass is 1700 g/mol. The molecule has 0 aliphatic heterocycles. The molecule has 0 bridgehead atoms. The standard InChI is InChI=1S/C53H36.C43H30.C38H24/c1-53(2)49-30-40(39-22-19-33-11-3-6-14-36(33)27-39)25-26-43(49)46-31-47-48(32-50(46)53)52(42-24-21-35-13-5-8-16-38(35)29-42)45-18-10-9-17-44(45)51(47)41-23-20-34-12-4-7-15-37(34)28-41;1-43(2)39-18-10-9-15-33(39)36-25-37-38(26-40(36)43)42(32-22-20-28-12-4-6-14-30(28)24-32)35-17-8-7-16-34(35)41(37)31-21-19-27-11-3-5-13-29(27)23-31;1-3-10-25(11-4-1)30-20-18-28-19-21-33-35(27-12-5-2-6-13-27)24-36(34-23-22-32(30)37(28)38(33)34)31-17-9-15-26-14-7-8-16-29(26)31/h3-32H,1-2H3;3-26H,1-2H3;1-24H. The van der Waals surface area contributed by atoms with Crippen molar-refractivity contribution in [2.24, 2.45) is 0 Å².